The van der Waals surface area contributed by atoms with E-state index in [2.05, 4.69) is 5.10 Å². The Labute approximate surface area is 114 Å². The molecular formula is C14H12N2O4. The van der Waals surface area contributed by atoms with Crippen LogP contribution in [0.2, 0.25) is 0 Å². The summed E-state index contributed by atoms with van der Waals surface area (Å²) in [7, 11) is 0. The summed E-state index contributed by atoms with van der Waals surface area (Å²) in [5.74, 6) is -3.49. The number of hydrazone groups is 1. The Morgan fingerprint density at radius 2 is 1.90 bits per heavy atom. The summed E-state index contributed by atoms with van der Waals surface area (Å²) in [4.78, 5) is 12.1. The van der Waals surface area contributed by atoms with E-state index in [1.165, 1.54) is 12.3 Å². The third-order valence-corrected chi connectivity index (χ3v) is 3.05. The number of furan rings is 1. The number of carbonyl (C=O) groups excluding carboxylic acids is 1. The van der Waals surface area contributed by atoms with E-state index in [1.54, 1.807) is 30.3 Å². The molecule has 0 unspecified atom stereocenters. The Kier molecular flexibility index (Phi) is 2.70. The van der Waals surface area contributed by atoms with Crippen LogP contribution < -0.4 is 5.01 Å². The maximum Gasteiger partial charge on any atom is 0.314 e. The van der Waals surface area contributed by atoms with Crippen molar-refractivity contribution in [1.82, 2.24) is 0 Å². The van der Waals surface area contributed by atoms with Crippen molar-refractivity contribution in [3.05, 3.63) is 54.0 Å². The lowest BCUT2D eigenvalue weighted by molar-refractivity contribution is -0.156. The summed E-state index contributed by atoms with van der Waals surface area (Å²) in [6.45, 7) is 1.91. The monoisotopic (exact) mass is 272 g/mol. The number of aryl methyl sites for hydroxylation is 1. The number of anilines is 1. The summed E-state index contributed by atoms with van der Waals surface area (Å²) in [6.07, 6.45) is 1.37. The Hall–Kier alpha value is -2.44. The molecule has 2 N–H and O–H groups in total. The topological polar surface area (TPSA) is 86.3 Å². The highest BCUT2D eigenvalue weighted by molar-refractivity contribution is 6.25. The van der Waals surface area contributed by atoms with Crippen LogP contribution in [0.1, 0.15) is 11.3 Å². The highest BCUT2D eigenvalue weighted by Gasteiger charge is 2.51. The normalized spacial score (nSPS) is 17.4. The smallest absolute Gasteiger partial charge is 0.314 e. The van der Waals surface area contributed by atoms with E-state index in [0.717, 1.165) is 10.6 Å². The molecule has 0 bridgehead atoms. The number of rotatable bonds is 2. The molecule has 2 heterocycles. The number of aliphatic hydroxyl groups is 2. The first kappa shape index (κ1) is 12.6. The van der Waals surface area contributed by atoms with Crippen molar-refractivity contribution in [2.75, 3.05) is 5.01 Å². The standard InChI is InChI=1S/C14H12N2O4/c1-9-4-6-10(7-5-9)16-13(17)14(18,19)12(15-16)11-3-2-8-20-11/h2-8,18-19H,1H3. The predicted molar refractivity (Wildman–Crippen MR) is 71.1 cm³/mol. The molecule has 0 fully saturated rings. The number of amides is 1. The zero-order valence-corrected chi connectivity index (χ0v) is 10.6. The first-order valence-corrected chi connectivity index (χ1v) is 5.99. The molecule has 2 aromatic rings. The van der Waals surface area contributed by atoms with Crippen molar-refractivity contribution in [3.8, 4) is 0 Å². The number of hydrogen-bond acceptors (Lipinski definition) is 5. The van der Waals surface area contributed by atoms with Crippen LogP contribution in [0.25, 0.3) is 0 Å². The first-order chi connectivity index (χ1) is 9.50. The highest BCUT2D eigenvalue weighted by Crippen LogP contribution is 2.28. The van der Waals surface area contributed by atoms with E-state index in [9.17, 15) is 15.0 Å². The molecule has 1 aromatic heterocycles. The molecule has 1 aromatic carbocycles. The van der Waals surface area contributed by atoms with E-state index in [0.29, 0.717) is 5.69 Å². The van der Waals surface area contributed by atoms with Gasteiger partial charge in [-0.05, 0) is 31.2 Å². The second-order valence-electron chi connectivity index (χ2n) is 4.55. The maximum absolute atomic E-state index is 12.1. The van der Waals surface area contributed by atoms with Crippen LogP contribution in [0.15, 0.2) is 52.2 Å². The molecule has 0 spiro atoms. The lowest BCUT2D eigenvalue weighted by atomic mass is 10.1. The third kappa shape index (κ3) is 1.82. The minimum atomic E-state index is -2.69. The van der Waals surface area contributed by atoms with Gasteiger partial charge in [0.05, 0.1) is 12.0 Å². The molecule has 0 atom stereocenters. The van der Waals surface area contributed by atoms with Gasteiger partial charge in [-0.1, -0.05) is 17.7 Å². The zero-order chi connectivity index (χ0) is 14.3. The van der Waals surface area contributed by atoms with Crippen molar-refractivity contribution >= 4 is 17.3 Å². The third-order valence-electron chi connectivity index (χ3n) is 3.05. The average molecular weight is 272 g/mol. The molecular weight excluding hydrogens is 260 g/mol. The van der Waals surface area contributed by atoms with Crippen LogP contribution in [0.3, 0.4) is 0 Å². The van der Waals surface area contributed by atoms with Crippen molar-refractivity contribution in [3.63, 3.8) is 0 Å². The summed E-state index contributed by atoms with van der Waals surface area (Å²) in [5.41, 5.74) is 1.25. The molecule has 0 aliphatic carbocycles. The number of nitrogens with zero attached hydrogens (tertiary/aromatic N) is 2. The lowest BCUT2D eigenvalue weighted by Gasteiger charge is -2.16. The van der Waals surface area contributed by atoms with Crippen LogP contribution in [0.5, 0.6) is 0 Å². The minimum Gasteiger partial charge on any atom is -0.463 e. The van der Waals surface area contributed by atoms with Gasteiger partial charge in [-0.15, -0.1) is 0 Å². The number of hydrogen-bond donors (Lipinski definition) is 2. The fourth-order valence-corrected chi connectivity index (χ4v) is 1.96. The van der Waals surface area contributed by atoms with Gasteiger partial charge in [0.25, 0.3) is 5.79 Å². The van der Waals surface area contributed by atoms with E-state index in [-0.39, 0.29) is 11.5 Å². The van der Waals surface area contributed by atoms with Gasteiger partial charge in [0.1, 0.15) is 0 Å². The Morgan fingerprint density at radius 3 is 2.50 bits per heavy atom. The van der Waals surface area contributed by atoms with Gasteiger partial charge >= 0.3 is 5.91 Å². The molecule has 102 valence electrons. The van der Waals surface area contributed by atoms with Crippen LogP contribution in [0, 0.1) is 6.92 Å². The number of benzene rings is 1. The molecule has 3 rings (SSSR count). The quantitative estimate of drug-likeness (QED) is 0.799. The van der Waals surface area contributed by atoms with Gasteiger partial charge in [0.2, 0.25) is 0 Å². The summed E-state index contributed by atoms with van der Waals surface area (Å²) >= 11 is 0. The van der Waals surface area contributed by atoms with E-state index >= 15 is 0 Å². The van der Waals surface area contributed by atoms with Crippen molar-refractivity contribution in [2.45, 2.75) is 12.7 Å². The lowest BCUT2D eigenvalue weighted by Crippen LogP contribution is -2.46. The fraction of sp³-hybridized carbons (Fsp3) is 0.143. The Bertz CT molecular complexity index is 672. The predicted octanol–water partition coefficient (Wildman–Crippen LogP) is 1.02. The van der Waals surface area contributed by atoms with Gasteiger partial charge in [-0.25, -0.2) is 0 Å². The maximum atomic E-state index is 12.1. The van der Waals surface area contributed by atoms with E-state index < -0.39 is 11.7 Å². The highest BCUT2D eigenvalue weighted by atomic mass is 16.5. The van der Waals surface area contributed by atoms with Crippen LogP contribution in [0.4, 0.5) is 5.69 Å². The second-order valence-corrected chi connectivity index (χ2v) is 4.55. The Balaban J connectivity index is 2.05. The van der Waals surface area contributed by atoms with Crippen LogP contribution >= 0.6 is 0 Å². The molecule has 6 heteroatoms. The number of carbonyl (C=O) groups is 1. The van der Waals surface area contributed by atoms with Crippen LogP contribution in [-0.2, 0) is 4.79 Å². The van der Waals surface area contributed by atoms with E-state index in [1.807, 2.05) is 6.92 Å². The van der Waals surface area contributed by atoms with Gasteiger partial charge in [-0.3, -0.25) is 4.79 Å². The summed E-state index contributed by atoms with van der Waals surface area (Å²) in [5, 5.41) is 24.8. The summed E-state index contributed by atoms with van der Waals surface area (Å²) in [6, 6.07) is 10.0. The molecule has 20 heavy (non-hydrogen) atoms. The van der Waals surface area contributed by atoms with Gasteiger partial charge in [0.15, 0.2) is 11.5 Å². The SMILES string of the molecule is Cc1ccc(N2N=C(c3ccco3)C(O)(O)C2=O)cc1. The van der Waals surface area contributed by atoms with Gasteiger partial charge < -0.3 is 14.6 Å². The average Bonchev–Trinajstić information content (AvgIpc) is 3.00. The van der Waals surface area contributed by atoms with Crippen LogP contribution in [-0.4, -0.2) is 27.6 Å². The summed E-state index contributed by atoms with van der Waals surface area (Å²) < 4.78 is 5.08. The second kappa shape index (κ2) is 4.29. The van der Waals surface area contributed by atoms with Crippen molar-refractivity contribution in [1.29, 1.82) is 0 Å². The minimum absolute atomic E-state index is 0.137. The fourth-order valence-electron chi connectivity index (χ4n) is 1.96. The molecule has 6 nitrogen and oxygen atoms in total. The zero-order valence-electron chi connectivity index (χ0n) is 10.6. The van der Waals surface area contributed by atoms with Crippen molar-refractivity contribution < 1.29 is 19.4 Å². The molecule has 1 aliphatic heterocycles. The molecule has 1 aliphatic rings. The molecule has 0 saturated heterocycles. The Morgan fingerprint density at radius 1 is 1.20 bits per heavy atom. The van der Waals surface area contributed by atoms with Gasteiger partial charge in [0, 0.05) is 0 Å². The molecule has 1 amide bonds. The molecule has 0 radical (unpaired) electrons. The first-order valence-electron chi connectivity index (χ1n) is 5.99. The van der Waals surface area contributed by atoms with E-state index in [4.69, 9.17) is 4.42 Å². The largest absolute Gasteiger partial charge is 0.463 e. The van der Waals surface area contributed by atoms with Crippen molar-refractivity contribution in [2.24, 2.45) is 5.10 Å². The molecule has 0 saturated carbocycles. The van der Waals surface area contributed by atoms with Gasteiger partial charge in [-0.2, -0.15) is 10.1 Å².